The summed E-state index contributed by atoms with van der Waals surface area (Å²) in [4.78, 5) is 37.6. The van der Waals surface area contributed by atoms with E-state index in [1.165, 1.54) is 12.1 Å². The second-order valence-corrected chi connectivity index (χ2v) is 6.50. The number of carboxylic acid groups (broad SMARTS) is 2. The summed E-state index contributed by atoms with van der Waals surface area (Å²) in [6, 6.07) is 12.8. The third kappa shape index (κ3) is 4.42. The number of nitrogen functional groups attached to an aromatic ring is 1. The Morgan fingerprint density at radius 3 is 2.23 bits per heavy atom. The van der Waals surface area contributed by atoms with E-state index in [9.17, 15) is 34.6 Å². The minimum Gasteiger partial charge on any atom is -0.489 e. The number of aromatic carboxylic acids is 2. The summed E-state index contributed by atoms with van der Waals surface area (Å²) < 4.78 is 5.63. The Labute approximate surface area is 175 Å². The molecule has 11 heteroatoms. The van der Waals surface area contributed by atoms with Crippen LogP contribution in [0.1, 0.15) is 26.3 Å². The smallest absolute Gasteiger partial charge is 0.489 e. The number of rotatable bonds is 7. The van der Waals surface area contributed by atoms with Gasteiger partial charge in [0.1, 0.15) is 29.3 Å². The molecular weight excluding hydrogens is 407 g/mol. The first kappa shape index (κ1) is 21.6. The monoisotopic (exact) mass is 424 g/mol. The molecule has 0 saturated carbocycles. The number of ether oxygens (including phenoxy) is 1. The van der Waals surface area contributed by atoms with Crippen molar-refractivity contribution in [1.82, 2.24) is 4.98 Å². The lowest BCUT2D eigenvalue weighted by Gasteiger charge is -2.16. The molecule has 0 aliphatic heterocycles. The summed E-state index contributed by atoms with van der Waals surface area (Å²) in [6.45, 7) is 0.110. The largest absolute Gasteiger partial charge is 0.492 e. The second-order valence-electron chi connectivity index (χ2n) is 6.50. The predicted molar refractivity (Wildman–Crippen MR) is 111 cm³/mol. The number of hydrogen-bond donors (Lipinski definition) is 6. The van der Waals surface area contributed by atoms with Crippen LogP contribution in [0.3, 0.4) is 0 Å². The molecule has 31 heavy (non-hydrogen) atoms. The number of anilines is 1. The average molecular weight is 424 g/mol. The minimum absolute atomic E-state index is 0.0669. The van der Waals surface area contributed by atoms with Crippen molar-refractivity contribution in [3.8, 4) is 16.9 Å². The molecule has 0 saturated heterocycles. The Balaban J connectivity index is 2.16. The highest BCUT2D eigenvalue weighted by atomic mass is 16.5. The fourth-order valence-corrected chi connectivity index (χ4v) is 3.11. The second kappa shape index (κ2) is 8.73. The molecule has 0 unspecified atom stereocenters. The standard InChI is InChI=1S/C20H17BN2O8/c22-17-15(19(25)26)14(16(20(27)28)18(24)23-17)11-6-7-13(12(8-11)21(29)30)31-9-10-4-2-1-3-5-10/h1-8,29-30H,9H2,(H,25,26)(H,27,28)(H3,22,23,24). The maximum absolute atomic E-state index is 12.2. The molecule has 158 valence electrons. The van der Waals surface area contributed by atoms with E-state index in [-0.39, 0.29) is 23.4 Å². The Hall–Kier alpha value is -4.09. The molecular formula is C20H17BN2O8. The Bertz CT molecular complexity index is 1210. The predicted octanol–water partition coefficient (Wildman–Crippen LogP) is 0.279. The number of H-pyrrole nitrogens is 1. The van der Waals surface area contributed by atoms with E-state index in [1.807, 2.05) is 23.2 Å². The number of benzene rings is 2. The third-order valence-corrected chi connectivity index (χ3v) is 4.49. The zero-order valence-electron chi connectivity index (χ0n) is 15.9. The number of nitrogens with one attached hydrogen (secondary N) is 1. The first-order valence-corrected chi connectivity index (χ1v) is 8.90. The highest BCUT2D eigenvalue weighted by molar-refractivity contribution is 6.59. The molecule has 0 fully saturated rings. The van der Waals surface area contributed by atoms with Crippen LogP contribution in [-0.4, -0.2) is 44.3 Å². The van der Waals surface area contributed by atoms with Crippen molar-refractivity contribution < 1.29 is 34.6 Å². The minimum atomic E-state index is -2.02. The van der Waals surface area contributed by atoms with Gasteiger partial charge in [-0.05, 0) is 17.2 Å². The highest BCUT2D eigenvalue weighted by Crippen LogP contribution is 2.30. The molecule has 0 atom stereocenters. The van der Waals surface area contributed by atoms with Crippen molar-refractivity contribution in [2.24, 2.45) is 0 Å². The number of nitrogens with two attached hydrogens (primary N) is 1. The van der Waals surface area contributed by atoms with Gasteiger partial charge in [-0.2, -0.15) is 0 Å². The first-order chi connectivity index (χ1) is 14.7. The summed E-state index contributed by atoms with van der Waals surface area (Å²) >= 11 is 0. The molecule has 7 N–H and O–H groups in total. The zero-order chi connectivity index (χ0) is 22.7. The topological polar surface area (TPSA) is 183 Å². The van der Waals surface area contributed by atoms with Crippen molar-refractivity contribution >= 4 is 30.3 Å². The lowest BCUT2D eigenvalue weighted by molar-refractivity contribution is 0.0695. The molecule has 3 rings (SSSR count). The maximum Gasteiger partial charge on any atom is 0.492 e. The summed E-state index contributed by atoms with van der Waals surface area (Å²) in [7, 11) is -2.02. The van der Waals surface area contributed by atoms with E-state index >= 15 is 0 Å². The van der Waals surface area contributed by atoms with Gasteiger partial charge in [0.2, 0.25) is 0 Å². The summed E-state index contributed by atoms with van der Waals surface area (Å²) in [5.41, 5.74) is 3.18. The molecule has 1 aromatic heterocycles. The third-order valence-electron chi connectivity index (χ3n) is 4.49. The van der Waals surface area contributed by atoms with E-state index in [0.29, 0.717) is 0 Å². The number of carbonyl (C=O) groups is 2. The van der Waals surface area contributed by atoms with Gasteiger partial charge in [0, 0.05) is 11.0 Å². The molecule has 2 aromatic carbocycles. The number of pyridine rings is 1. The highest BCUT2D eigenvalue weighted by Gasteiger charge is 2.28. The van der Waals surface area contributed by atoms with Crippen LogP contribution in [-0.2, 0) is 6.61 Å². The molecule has 0 aliphatic rings. The molecule has 1 heterocycles. The van der Waals surface area contributed by atoms with Crippen LogP contribution in [0.5, 0.6) is 5.75 Å². The average Bonchev–Trinajstić information content (AvgIpc) is 2.71. The Morgan fingerprint density at radius 1 is 1.00 bits per heavy atom. The van der Waals surface area contributed by atoms with Crippen LogP contribution in [0.25, 0.3) is 11.1 Å². The van der Waals surface area contributed by atoms with Gasteiger partial charge in [-0.3, -0.25) is 4.79 Å². The van der Waals surface area contributed by atoms with Crippen LogP contribution < -0.4 is 21.5 Å². The van der Waals surface area contributed by atoms with Crippen LogP contribution >= 0.6 is 0 Å². The van der Waals surface area contributed by atoms with Gasteiger partial charge in [0.25, 0.3) is 5.56 Å². The van der Waals surface area contributed by atoms with Crippen LogP contribution in [0.4, 0.5) is 5.82 Å². The molecule has 0 bridgehead atoms. The van der Waals surface area contributed by atoms with Gasteiger partial charge >= 0.3 is 19.1 Å². The van der Waals surface area contributed by atoms with Gasteiger partial charge in [-0.15, -0.1) is 0 Å². The fraction of sp³-hybridized carbons (Fsp3) is 0.0500. The van der Waals surface area contributed by atoms with Gasteiger partial charge in [-0.25, -0.2) is 9.59 Å². The molecule has 3 aromatic rings. The maximum atomic E-state index is 12.2. The Morgan fingerprint density at radius 2 is 1.65 bits per heavy atom. The van der Waals surface area contributed by atoms with E-state index in [0.717, 1.165) is 11.6 Å². The van der Waals surface area contributed by atoms with Crippen molar-refractivity contribution in [2.75, 3.05) is 5.73 Å². The van der Waals surface area contributed by atoms with Crippen molar-refractivity contribution in [3.63, 3.8) is 0 Å². The van der Waals surface area contributed by atoms with Crippen molar-refractivity contribution in [3.05, 3.63) is 75.6 Å². The number of hydrogen-bond acceptors (Lipinski definition) is 7. The molecule has 10 nitrogen and oxygen atoms in total. The molecule has 0 amide bonds. The summed E-state index contributed by atoms with van der Waals surface area (Å²) in [5, 5.41) is 38.6. The number of carboxylic acids is 2. The van der Waals surface area contributed by atoms with Gasteiger partial charge in [0.15, 0.2) is 0 Å². The molecule has 0 spiro atoms. The van der Waals surface area contributed by atoms with Crippen LogP contribution in [0.2, 0.25) is 0 Å². The fourth-order valence-electron chi connectivity index (χ4n) is 3.11. The lowest BCUT2D eigenvalue weighted by Crippen LogP contribution is -2.32. The normalized spacial score (nSPS) is 10.5. The van der Waals surface area contributed by atoms with Crippen LogP contribution in [0.15, 0.2) is 53.3 Å². The summed E-state index contributed by atoms with van der Waals surface area (Å²) in [6.07, 6.45) is 0. The SMILES string of the molecule is Nc1[nH]c(=O)c(C(=O)O)c(-c2ccc(OCc3ccccc3)c(B(O)O)c2)c1C(=O)O. The number of aromatic nitrogens is 1. The zero-order valence-corrected chi connectivity index (χ0v) is 15.9. The van der Waals surface area contributed by atoms with Gasteiger partial charge in [-0.1, -0.05) is 42.5 Å². The lowest BCUT2D eigenvalue weighted by atomic mass is 9.77. The molecule has 0 aliphatic carbocycles. The van der Waals surface area contributed by atoms with E-state index < -0.39 is 47.1 Å². The van der Waals surface area contributed by atoms with Gasteiger partial charge in [0.05, 0.1) is 0 Å². The quantitative estimate of drug-likeness (QED) is 0.290. The Kier molecular flexibility index (Phi) is 6.09. The van der Waals surface area contributed by atoms with Crippen molar-refractivity contribution in [1.29, 1.82) is 0 Å². The molecule has 0 radical (unpaired) electrons. The van der Waals surface area contributed by atoms with Crippen LogP contribution in [0, 0.1) is 0 Å². The number of aromatic amines is 1. The summed E-state index contributed by atoms with van der Waals surface area (Å²) in [5.74, 6) is -3.70. The first-order valence-electron chi connectivity index (χ1n) is 8.90. The van der Waals surface area contributed by atoms with E-state index in [4.69, 9.17) is 10.5 Å². The van der Waals surface area contributed by atoms with Gasteiger partial charge < -0.3 is 35.7 Å². The van der Waals surface area contributed by atoms with E-state index in [2.05, 4.69) is 0 Å². The van der Waals surface area contributed by atoms with E-state index in [1.54, 1.807) is 12.1 Å². The van der Waals surface area contributed by atoms with Crippen molar-refractivity contribution in [2.45, 2.75) is 6.61 Å².